The second-order valence-electron chi connectivity index (χ2n) is 9.63. The second kappa shape index (κ2) is 13.8. The molecule has 2 saturated carbocycles. The van der Waals surface area contributed by atoms with Gasteiger partial charge in [0.15, 0.2) is 0 Å². The van der Waals surface area contributed by atoms with Crippen molar-refractivity contribution >= 4 is 6.29 Å². The van der Waals surface area contributed by atoms with Gasteiger partial charge in [-0.05, 0) is 49.9 Å². The van der Waals surface area contributed by atoms with Crippen molar-refractivity contribution in [1.82, 2.24) is 0 Å². The molecule has 0 aromatic rings. The molecule has 0 aliphatic heterocycles. The first kappa shape index (κ1) is 22.0. The van der Waals surface area contributed by atoms with Crippen LogP contribution in [0.3, 0.4) is 0 Å². The Kier molecular flexibility index (Phi) is 11.6. The van der Waals surface area contributed by atoms with Crippen molar-refractivity contribution in [3.05, 3.63) is 0 Å². The van der Waals surface area contributed by atoms with E-state index in [4.69, 9.17) is 0 Å². The van der Waals surface area contributed by atoms with Crippen LogP contribution in [0.1, 0.15) is 129 Å². The zero-order valence-corrected chi connectivity index (χ0v) is 17.7. The van der Waals surface area contributed by atoms with Gasteiger partial charge in [0, 0.05) is 5.92 Å². The average molecular weight is 363 g/mol. The summed E-state index contributed by atoms with van der Waals surface area (Å²) in [7, 11) is 0. The van der Waals surface area contributed by atoms with E-state index in [2.05, 4.69) is 6.92 Å². The molecule has 0 spiro atoms. The summed E-state index contributed by atoms with van der Waals surface area (Å²) in [4.78, 5) is 10.8. The Labute approximate surface area is 164 Å². The third-order valence-electron chi connectivity index (χ3n) is 7.53. The minimum absolute atomic E-state index is 0.387. The number of unbranched alkanes of at least 4 members (excludes halogenated alkanes) is 7. The zero-order valence-electron chi connectivity index (χ0n) is 17.7. The molecule has 2 rings (SSSR count). The molecule has 0 radical (unpaired) electrons. The van der Waals surface area contributed by atoms with Crippen LogP contribution >= 0.6 is 0 Å². The molecule has 0 N–H and O–H groups in total. The van der Waals surface area contributed by atoms with Crippen LogP contribution in [0.5, 0.6) is 0 Å². The number of hydrogen-bond donors (Lipinski definition) is 0. The predicted molar refractivity (Wildman–Crippen MR) is 113 cm³/mol. The van der Waals surface area contributed by atoms with Crippen LogP contribution in [-0.2, 0) is 4.79 Å². The normalized spacial score (nSPS) is 29.6. The smallest absolute Gasteiger partial charge is 0.123 e. The number of hydrogen-bond acceptors (Lipinski definition) is 1. The number of rotatable bonds is 13. The largest absolute Gasteiger partial charge is 0.303 e. The van der Waals surface area contributed by atoms with Gasteiger partial charge in [0.2, 0.25) is 0 Å². The van der Waals surface area contributed by atoms with Crippen LogP contribution in [0.2, 0.25) is 0 Å². The molecule has 0 heterocycles. The lowest BCUT2D eigenvalue weighted by molar-refractivity contribution is -0.112. The van der Waals surface area contributed by atoms with Gasteiger partial charge in [0.25, 0.3) is 0 Å². The Morgan fingerprint density at radius 1 is 0.654 bits per heavy atom. The van der Waals surface area contributed by atoms with E-state index in [1.807, 2.05) is 0 Å². The van der Waals surface area contributed by atoms with Crippen molar-refractivity contribution in [1.29, 1.82) is 0 Å². The Bertz CT molecular complexity index is 342. The van der Waals surface area contributed by atoms with Crippen LogP contribution < -0.4 is 0 Å². The van der Waals surface area contributed by atoms with Crippen LogP contribution in [0.15, 0.2) is 0 Å². The topological polar surface area (TPSA) is 17.1 Å². The molecule has 0 saturated heterocycles. The molecular weight excluding hydrogens is 316 g/mol. The van der Waals surface area contributed by atoms with Gasteiger partial charge in [0.05, 0.1) is 0 Å². The van der Waals surface area contributed by atoms with Gasteiger partial charge in [0.1, 0.15) is 6.29 Å². The fraction of sp³-hybridized carbons (Fsp3) is 0.960. The van der Waals surface area contributed by atoms with Gasteiger partial charge in [-0.15, -0.1) is 0 Å². The van der Waals surface area contributed by atoms with E-state index in [1.165, 1.54) is 115 Å². The molecule has 2 aliphatic carbocycles. The third kappa shape index (κ3) is 9.05. The predicted octanol–water partition coefficient (Wildman–Crippen LogP) is 8.11. The summed E-state index contributed by atoms with van der Waals surface area (Å²) >= 11 is 0. The SMILES string of the molecule is CCC1CCCC(CCCCCCCCCCC2CCC(C=O)CC2)C1. The summed E-state index contributed by atoms with van der Waals surface area (Å²) in [5.74, 6) is 3.43. The van der Waals surface area contributed by atoms with Gasteiger partial charge in [-0.2, -0.15) is 0 Å². The molecule has 1 nitrogen and oxygen atoms in total. The summed E-state index contributed by atoms with van der Waals surface area (Å²) in [5.41, 5.74) is 0. The van der Waals surface area contributed by atoms with Crippen molar-refractivity contribution in [3.8, 4) is 0 Å². The quantitative estimate of drug-likeness (QED) is 0.239. The standard InChI is InChI=1S/C25H46O/c1-2-22-14-11-15-24(20-22)13-10-8-6-4-3-5-7-9-12-23-16-18-25(21-26)19-17-23/h21-25H,2-20H2,1H3. The molecule has 0 amide bonds. The van der Waals surface area contributed by atoms with Crippen LogP contribution in [0.25, 0.3) is 0 Å². The molecule has 26 heavy (non-hydrogen) atoms. The molecular formula is C25H46O. The Morgan fingerprint density at radius 2 is 1.19 bits per heavy atom. The van der Waals surface area contributed by atoms with Crippen molar-refractivity contribution < 1.29 is 4.79 Å². The monoisotopic (exact) mass is 362 g/mol. The van der Waals surface area contributed by atoms with E-state index >= 15 is 0 Å². The fourth-order valence-corrected chi connectivity index (χ4v) is 5.57. The lowest BCUT2D eigenvalue weighted by Gasteiger charge is -2.28. The average Bonchev–Trinajstić information content (AvgIpc) is 2.70. The first-order valence-corrected chi connectivity index (χ1v) is 12.3. The number of aldehydes is 1. The summed E-state index contributed by atoms with van der Waals surface area (Å²) < 4.78 is 0. The van der Waals surface area contributed by atoms with E-state index in [0.717, 1.165) is 30.6 Å². The highest BCUT2D eigenvalue weighted by Gasteiger charge is 2.20. The first-order chi connectivity index (χ1) is 12.8. The number of carbonyl (C=O) groups is 1. The minimum Gasteiger partial charge on any atom is -0.303 e. The lowest BCUT2D eigenvalue weighted by Crippen LogP contribution is -2.15. The minimum atomic E-state index is 0.387. The third-order valence-corrected chi connectivity index (χ3v) is 7.53. The van der Waals surface area contributed by atoms with E-state index in [9.17, 15) is 4.79 Å². The highest BCUT2D eigenvalue weighted by Crippen LogP contribution is 2.34. The molecule has 2 aliphatic rings. The van der Waals surface area contributed by atoms with Gasteiger partial charge in [-0.25, -0.2) is 0 Å². The molecule has 0 bridgehead atoms. The van der Waals surface area contributed by atoms with Crippen molar-refractivity contribution in [3.63, 3.8) is 0 Å². The molecule has 1 heteroatoms. The van der Waals surface area contributed by atoms with Gasteiger partial charge in [-0.1, -0.05) is 96.8 Å². The van der Waals surface area contributed by atoms with E-state index in [1.54, 1.807) is 0 Å². The summed E-state index contributed by atoms with van der Waals surface area (Å²) in [6, 6.07) is 0. The van der Waals surface area contributed by atoms with Crippen LogP contribution in [0.4, 0.5) is 0 Å². The van der Waals surface area contributed by atoms with E-state index in [-0.39, 0.29) is 0 Å². The fourth-order valence-electron chi connectivity index (χ4n) is 5.57. The van der Waals surface area contributed by atoms with Crippen molar-refractivity contribution in [2.45, 2.75) is 129 Å². The van der Waals surface area contributed by atoms with E-state index < -0.39 is 0 Å². The lowest BCUT2D eigenvalue weighted by atomic mass is 9.78. The molecule has 0 aromatic heterocycles. The van der Waals surface area contributed by atoms with E-state index in [0.29, 0.717) is 5.92 Å². The van der Waals surface area contributed by atoms with Crippen molar-refractivity contribution in [2.24, 2.45) is 23.7 Å². The molecule has 152 valence electrons. The highest BCUT2D eigenvalue weighted by molar-refractivity contribution is 5.53. The second-order valence-corrected chi connectivity index (χ2v) is 9.63. The molecule has 2 unspecified atom stereocenters. The maximum atomic E-state index is 10.8. The summed E-state index contributed by atoms with van der Waals surface area (Å²) in [5, 5.41) is 0. The molecule has 2 atom stereocenters. The Balaban J connectivity index is 1.33. The first-order valence-electron chi connectivity index (χ1n) is 12.3. The highest BCUT2D eigenvalue weighted by atomic mass is 16.1. The maximum absolute atomic E-state index is 10.8. The molecule has 2 fully saturated rings. The Morgan fingerprint density at radius 3 is 1.77 bits per heavy atom. The Hall–Kier alpha value is -0.330. The van der Waals surface area contributed by atoms with Gasteiger partial charge < -0.3 is 4.79 Å². The molecule has 0 aromatic carbocycles. The summed E-state index contributed by atoms with van der Waals surface area (Å²) in [6.07, 6.45) is 28.2. The van der Waals surface area contributed by atoms with Gasteiger partial charge >= 0.3 is 0 Å². The van der Waals surface area contributed by atoms with Crippen molar-refractivity contribution in [2.75, 3.05) is 0 Å². The maximum Gasteiger partial charge on any atom is 0.123 e. The van der Waals surface area contributed by atoms with Crippen LogP contribution in [-0.4, -0.2) is 6.29 Å². The summed E-state index contributed by atoms with van der Waals surface area (Å²) in [6.45, 7) is 2.38. The van der Waals surface area contributed by atoms with Gasteiger partial charge in [-0.3, -0.25) is 0 Å². The number of carbonyl (C=O) groups excluding carboxylic acids is 1. The van der Waals surface area contributed by atoms with Crippen LogP contribution in [0, 0.1) is 23.7 Å². The zero-order chi connectivity index (χ0) is 18.5.